The van der Waals surface area contributed by atoms with Gasteiger partial charge in [0.2, 0.25) is 0 Å². The lowest BCUT2D eigenvalue weighted by Crippen LogP contribution is -2.55. The Labute approximate surface area is 119 Å². The highest BCUT2D eigenvalue weighted by atomic mass is 16.4. The van der Waals surface area contributed by atoms with Gasteiger partial charge in [-0.25, -0.2) is 4.79 Å². The van der Waals surface area contributed by atoms with E-state index in [1.165, 1.54) is 0 Å². The van der Waals surface area contributed by atoms with Crippen molar-refractivity contribution < 1.29 is 19.8 Å². The lowest BCUT2D eigenvalue weighted by molar-refractivity contribution is -0.150. The van der Waals surface area contributed by atoms with Crippen LogP contribution in [0, 0.1) is 11.3 Å². The van der Waals surface area contributed by atoms with E-state index >= 15 is 0 Å². The summed E-state index contributed by atoms with van der Waals surface area (Å²) in [6, 6.07) is -0.136. The number of hydrogen-bond acceptors (Lipinski definition) is 3. The first-order valence-electron chi connectivity index (χ1n) is 7.29. The molecule has 2 aliphatic rings. The van der Waals surface area contributed by atoms with Crippen molar-refractivity contribution >= 4 is 12.0 Å². The van der Waals surface area contributed by atoms with Crippen LogP contribution in [0.3, 0.4) is 0 Å². The summed E-state index contributed by atoms with van der Waals surface area (Å²) in [7, 11) is 0. The number of nitrogens with zero attached hydrogens (tertiary/aromatic N) is 2. The summed E-state index contributed by atoms with van der Waals surface area (Å²) in [5.41, 5.74) is -0.852. The van der Waals surface area contributed by atoms with E-state index in [-0.39, 0.29) is 18.5 Å². The minimum absolute atomic E-state index is 0.136. The zero-order valence-corrected chi connectivity index (χ0v) is 12.2. The number of aliphatic carboxylic acids is 1. The first-order chi connectivity index (χ1) is 9.33. The fourth-order valence-electron chi connectivity index (χ4n) is 3.00. The highest BCUT2D eigenvalue weighted by molar-refractivity contribution is 5.78. The minimum atomic E-state index is -0.852. The largest absolute Gasteiger partial charge is 0.481 e. The van der Waals surface area contributed by atoms with Crippen LogP contribution in [0.2, 0.25) is 0 Å². The summed E-state index contributed by atoms with van der Waals surface area (Å²) in [5.74, 6) is -0.632. The number of urea groups is 1. The van der Waals surface area contributed by atoms with Crippen molar-refractivity contribution in [3.05, 3.63) is 0 Å². The average molecular weight is 284 g/mol. The lowest BCUT2D eigenvalue weighted by Gasteiger charge is -2.42. The topological polar surface area (TPSA) is 81.1 Å². The standard InChI is InChI=1S/C14H24N2O4/c1-10-4-7-15(8-11(10)17)13(20)16-6-3-5-14(2,9-16)12(18)19/h10-11,17H,3-9H2,1-2H3,(H,18,19). The summed E-state index contributed by atoms with van der Waals surface area (Å²) in [4.78, 5) is 27.1. The molecule has 0 radical (unpaired) electrons. The van der Waals surface area contributed by atoms with Crippen molar-refractivity contribution in [1.29, 1.82) is 0 Å². The molecule has 2 aliphatic heterocycles. The van der Waals surface area contributed by atoms with Gasteiger partial charge in [0.05, 0.1) is 11.5 Å². The van der Waals surface area contributed by atoms with Gasteiger partial charge >= 0.3 is 12.0 Å². The van der Waals surface area contributed by atoms with Gasteiger partial charge in [-0.3, -0.25) is 4.79 Å². The molecule has 6 nitrogen and oxygen atoms in total. The van der Waals surface area contributed by atoms with Gasteiger partial charge < -0.3 is 20.0 Å². The van der Waals surface area contributed by atoms with Gasteiger partial charge in [0.25, 0.3) is 0 Å². The Morgan fingerprint density at radius 3 is 2.55 bits per heavy atom. The van der Waals surface area contributed by atoms with Crippen LogP contribution >= 0.6 is 0 Å². The Morgan fingerprint density at radius 1 is 1.25 bits per heavy atom. The summed E-state index contributed by atoms with van der Waals surface area (Å²) < 4.78 is 0. The van der Waals surface area contributed by atoms with E-state index in [1.807, 2.05) is 6.92 Å². The summed E-state index contributed by atoms with van der Waals surface area (Å²) in [6.45, 7) is 5.52. The van der Waals surface area contributed by atoms with Gasteiger partial charge in [0.1, 0.15) is 0 Å². The van der Waals surface area contributed by atoms with Gasteiger partial charge in [0, 0.05) is 26.2 Å². The Balaban J connectivity index is 2.00. The third kappa shape index (κ3) is 2.90. The molecule has 0 spiro atoms. The smallest absolute Gasteiger partial charge is 0.320 e. The second kappa shape index (κ2) is 5.60. The monoisotopic (exact) mass is 284 g/mol. The van der Waals surface area contributed by atoms with E-state index in [0.29, 0.717) is 32.5 Å². The maximum atomic E-state index is 12.5. The highest BCUT2D eigenvalue weighted by Gasteiger charge is 2.41. The summed E-state index contributed by atoms with van der Waals surface area (Å²) >= 11 is 0. The second-order valence-corrected chi connectivity index (χ2v) is 6.45. The van der Waals surface area contributed by atoms with Crippen molar-refractivity contribution in [2.45, 2.75) is 39.2 Å². The molecule has 0 saturated carbocycles. The van der Waals surface area contributed by atoms with Crippen LogP contribution in [0.1, 0.15) is 33.1 Å². The maximum Gasteiger partial charge on any atom is 0.320 e. The fourth-order valence-corrected chi connectivity index (χ4v) is 3.00. The van der Waals surface area contributed by atoms with Crippen LogP contribution in [0.5, 0.6) is 0 Å². The van der Waals surface area contributed by atoms with Gasteiger partial charge in [-0.05, 0) is 32.1 Å². The predicted octanol–water partition coefficient (Wildman–Crippen LogP) is 0.996. The van der Waals surface area contributed by atoms with Gasteiger partial charge in [-0.1, -0.05) is 6.92 Å². The molecule has 3 unspecified atom stereocenters. The maximum absolute atomic E-state index is 12.5. The van der Waals surface area contributed by atoms with Gasteiger partial charge in [-0.15, -0.1) is 0 Å². The van der Waals surface area contributed by atoms with Crippen LogP contribution in [-0.4, -0.2) is 64.3 Å². The number of carbonyl (C=O) groups is 2. The van der Waals surface area contributed by atoms with E-state index in [2.05, 4.69) is 0 Å². The predicted molar refractivity (Wildman–Crippen MR) is 73.3 cm³/mol. The fraction of sp³-hybridized carbons (Fsp3) is 0.857. The number of carboxylic acid groups (broad SMARTS) is 1. The van der Waals surface area contributed by atoms with Gasteiger partial charge in [0.15, 0.2) is 0 Å². The molecule has 2 amide bonds. The quantitative estimate of drug-likeness (QED) is 0.752. The van der Waals surface area contributed by atoms with Crippen molar-refractivity contribution in [3.63, 3.8) is 0 Å². The molecule has 114 valence electrons. The molecule has 3 atom stereocenters. The first kappa shape index (κ1) is 15.1. The Hall–Kier alpha value is -1.30. The molecule has 0 aliphatic carbocycles. The lowest BCUT2D eigenvalue weighted by atomic mass is 9.82. The number of hydrogen-bond donors (Lipinski definition) is 2. The second-order valence-electron chi connectivity index (χ2n) is 6.45. The van der Waals surface area contributed by atoms with E-state index < -0.39 is 17.5 Å². The van der Waals surface area contributed by atoms with Crippen LogP contribution in [0.4, 0.5) is 4.79 Å². The number of likely N-dealkylation sites (tertiary alicyclic amines) is 2. The Kier molecular flexibility index (Phi) is 4.22. The van der Waals surface area contributed by atoms with E-state index in [1.54, 1.807) is 16.7 Å². The third-order valence-corrected chi connectivity index (χ3v) is 4.67. The van der Waals surface area contributed by atoms with Crippen molar-refractivity contribution in [1.82, 2.24) is 9.80 Å². The molecular formula is C14H24N2O4. The van der Waals surface area contributed by atoms with Gasteiger partial charge in [-0.2, -0.15) is 0 Å². The molecule has 6 heteroatoms. The van der Waals surface area contributed by atoms with Crippen LogP contribution in [0.15, 0.2) is 0 Å². The molecule has 2 fully saturated rings. The number of piperidine rings is 2. The molecule has 2 rings (SSSR count). The Bertz CT molecular complexity index is 401. The zero-order valence-electron chi connectivity index (χ0n) is 12.2. The first-order valence-corrected chi connectivity index (χ1v) is 7.29. The highest BCUT2D eigenvalue weighted by Crippen LogP contribution is 2.30. The molecule has 2 saturated heterocycles. The molecule has 0 aromatic rings. The SMILES string of the molecule is CC1CCN(C(=O)N2CCCC(C)(C(=O)O)C2)CC1O. The number of aliphatic hydroxyl groups is 1. The van der Waals surface area contributed by atoms with Crippen LogP contribution in [0.25, 0.3) is 0 Å². The molecule has 2 N–H and O–H groups in total. The summed E-state index contributed by atoms with van der Waals surface area (Å²) in [6.07, 6.45) is 1.62. The minimum Gasteiger partial charge on any atom is -0.481 e. The van der Waals surface area contributed by atoms with Crippen molar-refractivity contribution in [3.8, 4) is 0 Å². The number of carboxylic acids is 1. The van der Waals surface area contributed by atoms with Crippen molar-refractivity contribution in [2.75, 3.05) is 26.2 Å². The molecule has 2 heterocycles. The molecule has 0 bridgehead atoms. The van der Waals surface area contributed by atoms with E-state index in [0.717, 1.165) is 6.42 Å². The number of aliphatic hydroxyl groups excluding tert-OH is 1. The molecular weight excluding hydrogens is 260 g/mol. The summed E-state index contributed by atoms with van der Waals surface area (Å²) in [5, 5.41) is 19.2. The molecule has 0 aromatic carbocycles. The van der Waals surface area contributed by atoms with E-state index in [4.69, 9.17) is 0 Å². The Morgan fingerprint density at radius 2 is 1.95 bits per heavy atom. The van der Waals surface area contributed by atoms with E-state index in [9.17, 15) is 19.8 Å². The third-order valence-electron chi connectivity index (χ3n) is 4.67. The average Bonchev–Trinajstić information content (AvgIpc) is 2.41. The van der Waals surface area contributed by atoms with Crippen molar-refractivity contribution in [2.24, 2.45) is 11.3 Å². The van der Waals surface area contributed by atoms with Crippen LogP contribution in [-0.2, 0) is 4.79 Å². The number of rotatable bonds is 1. The normalized spacial score (nSPS) is 35.0. The number of amides is 2. The number of β-amino-alcohol motifs (C(OH)–C–C–N with tert-alkyl or cyclic N) is 1. The molecule has 20 heavy (non-hydrogen) atoms. The van der Waals surface area contributed by atoms with Crippen LogP contribution < -0.4 is 0 Å². The molecule has 0 aromatic heterocycles. The zero-order chi connectivity index (χ0) is 14.9. The number of carbonyl (C=O) groups excluding carboxylic acids is 1.